The van der Waals surface area contributed by atoms with Crippen LogP contribution in [0.4, 0.5) is 21.7 Å². The average molecular weight is 293 g/mol. The van der Waals surface area contributed by atoms with Gasteiger partial charge in [0.15, 0.2) is 5.82 Å². The molecule has 0 aliphatic heterocycles. The van der Waals surface area contributed by atoms with Crippen LogP contribution in [0, 0.1) is 5.82 Å². The van der Waals surface area contributed by atoms with Crippen LogP contribution < -0.4 is 21.3 Å². The highest BCUT2D eigenvalue weighted by molar-refractivity contribution is 5.61. The van der Waals surface area contributed by atoms with Gasteiger partial charge in [0.1, 0.15) is 29.8 Å². The molecule has 2 aromatic rings. The van der Waals surface area contributed by atoms with Gasteiger partial charge in [-0.25, -0.2) is 20.2 Å². The Morgan fingerprint density at radius 3 is 2.62 bits per heavy atom. The minimum Gasteiger partial charge on any atom is -0.497 e. The molecule has 0 saturated heterocycles. The van der Waals surface area contributed by atoms with Crippen LogP contribution in [0.25, 0.3) is 0 Å². The molecule has 0 bridgehead atoms. The number of nitrogen functional groups attached to an aromatic ring is 1. The van der Waals surface area contributed by atoms with Gasteiger partial charge in [-0.1, -0.05) is 0 Å². The summed E-state index contributed by atoms with van der Waals surface area (Å²) in [5, 5.41) is 2.86. The van der Waals surface area contributed by atoms with Crippen LogP contribution in [0.1, 0.15) is 5.82 Å². The molecule has 7 nitrogen and oxygen atoms in total. The van der Waals surface area contributed by atoms with Crippen LogP contribution >= 0.6 is 0 Å². The van der Waals surface area contributed by atoms with Crippen molar-refractivity contribution in [2.45, 2.75) is 6.61 Å². The van der Waals surface area contributed by atoms with Gasteiger partial charge in [0.2, 0.25) is 0 Å². The number of hydrazine groups is 1. The highest BCUT2D eigenvalue weighted by atomic mass is 19.1. The van der Waals surface area contributed by atoms with E-state index in [2.05, 4.69) is 20.7 Å². The summed E-state index contributed by atoms with van der Waals surface area (Å²) in [6.45, 7) is 0.213. The maximum absolute atomic E-state index is 13.8. The summed E-state index contributed by atoms with van der Waals surface area (Å²) < 4.78 is 23.8. The number of benzene rings is 1. The van der Waals surface area contributed by atoms with Crippen molar-refractivity contribution in [3.63, 3.8) is 0 Å². The van der Waals surface area contributed by atoms with Gasteiger partial charge in [0.25, 0.3) is 0 Å². The van der Waals surface area contributed by atoms with Crippen molar-refractivity contribution in [3.05, 3.63) is 35.9 Å². The van der Waals surface area contributed by atoms with E-state index in [1.165, 1.54) is 32.4 Å². The topological polar surface area (TPSA) is 94.3 Å². The molecule has 0 amide bonds. The van der Waals surface area contributed by atoms with Crippen LogP contribution in [-0.4, -0.2) is 24.2 Å². The standard InChI is InChI=1S/C13H16FN5O2/c1-20-7-13-17-11(6-12(18-13)19-15)16-10-5-8(21-2)3-4-9(10)14/h3-6H,7,15H2,1-2H3,(H2,16,17,18,19). The number of nitrogens with two attached hydrogens (primary N) is 1. The highest BCUT2D eigenvalue weighted by Crippen LogP contribution is 2.24. The second-order valence-corrected chi connectivity index (χ2v) is 4.10. The van der Waals surface area contributed by atoms with Crippen LogP contribution in [0.15, 0.2) is 24.3 Å². The van der Waals surface area contributed by atoms with Crippen LogP contribution in [0.5, 0.6) is 5.75 Å². The van der Waals surface area contributed by atoms with E-state index < -0.39 is 5.82 Å². The fourth-order valence-electron chi connectivity index (χ4n) is 1.69. The van der Waals surface area contributed by atoms with Crippen molar-refractivity contribution < 1.29 is 13.9 Å². The number of nitrogens with zero attached hydrogens (tertiary/aromatic N) is 2. The minimum absolute atomic E-state index is 0.213. The lowest BCUT2D eigenvalue weighted by Crippen LogP contribution is -2.12. The van der Waals surface area contributed by atoms with Gasteiger partial charge >= 0.3 is 0 Å². The number of nitrogens with one attached hydrogen (secondary N) is 2. The van der Waals surface area contributed by atoms with E-state index >= 15 is 0 Å². The minimum atomic E-state index is -0.426. The van der Waals surface area contributed by atoms with Crippen molar-refractivity contribution in [2.75, 3.05) is 25.0 Å². The predicted octanol–water partition coefficient (Wildman–Crippen LogP) is 1.80. The average Bonchev–Trinajstić information content (AvgIpc) is 2.49. The van der Waals surface area contributed by atoms with E-state index in [0.29, 0.717) is 23.2 Å². The fourth-order valence-corrected chi connectivity index (χ4v) is 1.69. The van der Waals surface area contributed by atoms with Crippen molar-refractivity contribution in [1.29, 1.82) is 0 Å². The summed E-state index contributed by atoms with van der Waals surface area (Å²) in [5.41, 5.74) is 2.66. The number of halogens is 1. The molecule has 0 atom stereocenters. The molecule has 1 aromatic carbocycles. The van der Waals surface area contributed by atoms with E-state index in [1.54, 1.807) is 6.07 Å². The molecule has 0 aliphatic carbocycles. The van der Waals surface area contributed by atoms with Crippen molar-refractivity contribution in [3.8, 4) is 5.75 Å². The molecular weight excluding hydrogens is 277 g/mol. The van der Waals surface area contributed by atoms with E-state index in [0.717, 1.165) is 0 Å². The number of ether oxygens (including phenoxy) is 2. The molecule has 0 fully saturated rings. The third-order valence-electron chi connectivity index (χ3n) is 2.63. The molecule has 0 aliphatic rings. The van der Waals surface area contributed by atoms with Crippen molar-refractivity contribution in [2.24, 2.45) is 5.84 Å². The first kappa shape index (κ1) is 14.9. The maximum atomic E-state index is 13.8. The number of methoxy groups -OCH3 is 2. The summed E-state index contributed by atoms with van der Waals surface area (Å²) in [5.74, 6) is 6.65. The Kier molecular flexibility index (Phi) is 4.85. The Morgan fingerprint density at radius 1 is 1.19 bits per heavy atom. The fraction of sp³-hybridized carbons (Fsp3) is 0.231. The van der Waals surface area contributed by atoms with Gasteiger partial charge < -0.3 is 20.2 Å². The van der Waals surface area contributed by atoms with E-state index in [-0.39, 0.29) is 12.3 Å². The number of anilines is 3. The first-order chi connectivity index (χ1) is 10.2. The summed E-state index contributed by atoms with van der Waals surface area (Å²) in [6.07, 6.45) is 0. The van der Waals surface area contributed by atoms with Gasteiger partial charge in [0, 0.05) is 19.2 Å². The van der Waals surface area contributed by atoms with Crippen molar-refractivity contribution in [1.82, 2.24) is 9.97 Å². The molecule has 0 radical (unpaired) electrons. The summed E-state index contributed by atoms with van der Waals surface area (Å²) in [6, 6.07) is 5.92. The Balaban J connectivity index is 2.32. The van der Waals surface area contributed by atoms with Gasteiger partial charge in [-0.05, 0) is 12.1 Å². The van der Waals surface area contributed by atoms with Crippen LogP contribution in [0.2, 0.25) is 0 Å². The SMILES string of the molecule is COCc1nc(NN)cc(Nc2cc(OC)ccc2F)n1. The molecular formula is C13H16FN5O2. The summed E-state index contributed by atoms with van der Waals surface area (Å²) >= 11 is 0. The van der Waals surface area contributed by atoms with Crippen molar-refractivity contribution >= 4 is 17.3 Å². The first-order valence-electron chi connectivity index (χ1n) is 6.10. The zero-order valence-corrected chi connectivity index (χ0v) is 11.7. The molecule has 1 aromatic heterocycles. The summed E-state index contributed by atoms with van der Waals surface area (Å²) in [7, 11) is 3.04. The summed E-state index contributed by atoms with van der Waals surface area (Å²) in [4.78, 5) is 8.32. The van der Waals surface area contributed by atoms with E-state index in [9.17, 15) is 4.39 Å². The Bertz CT molecular complexity index is 624. The number of hydrogen-bond acceptors (Lipinski definition) is 7. The lowest BCUT2D eigenvalue weighted by atomic mass is 10.3. The predicted molar refractivity (Wildman–Crippen MR) is 76.8 cm³/mol. The third-order valence-corrected chi connectivity index (χ3v) is 2.63. The van der Waals surface area contributed by atoms with E-state index in [4.69, 9.17) is 15.3 Å². The molecule has 8 heteroatoms. The molecule has 0 unspecified atom stereocenters. The maximum Gasteiger partial charge on any atom is 0.158 e. The molecule has 112 valence electrons. The Hall–Kier alpha value is -2.45. The van der Waals surface area contributed by atoms with E-state index in [1.807, 2.05) is 0 Å². The molecule has 1 heterocycles. The highest BCUT2D eigenvalue weighted by Gasteiger charge is 2.08. The molecule has 4 N–H and O–H groups in total. The first-order valence-corrected chi connectivity index (χ1v) is 6.10. The molecule has 0 saturated carbocycles. The smallest absolute Gasteiger partial charge is 0.158 e. The molecule has 2 rings (SSSR count). The Morgan fingerprint density at radius 2 is 1.95 bits per heavy atom. The Labute approximate surface area is 121 Å². The lowest BCUT2D eigenvalue weighted by Gasteiger charge is -2.11. The third kappa shape index (κ3) is 3.77. The monoisotopic (exact) mass is 293 g/mol. The van der Waals surface area contributed by atoms with Gasteiger partial charge in [-0.2, -0.15) is 0 Å². The molecule has 21 heavy (non-hydrogen) atoms. The normalized spacial score (nSPS) is 10.3. The zero-order chi connectivity index (χ0) is 15.2. The number of aromatic nitrogens is 2. The second-order valence-electron chi connectivity index (χ2n) is 4.10. The van der Waals surface area contributed by atoms with Gasteiger partial charge in [-0.3, -0.25) is 0 Å². The molecule has 0 spiro atoms. The zero-order valence-electron chi connectivity index (χ0n) is 11.7. The lowest BCUT2D eigenvalue weighted by molar-refractivity contribution is 0.178. The second kappa shape index (κ2) is 6.82. The quantitative estimate of drug-likeness (QED) is 0.552. The number of hydrogen-bond donors (Lipinski definition) is 3. The van der Waals surface area contributed by atoms with Crippen LogP contribution in [0.3, 0.4) is 0 Å². The number of rotatable bonds is 6. The van der Waals surface area contributed by atoms with Gasteiger partial charge in [-0.15, -0.1) is 0 Å². The van der Waals surface area contributed by atoms with Gasteiger partial charge in [0.05, 0.1) is 12.8 Å². The largest absolute Gasteiger partial charge is 0.497 e. The van der Waals surface area contributed by atoms with Crippen LogP contribution in [-0.2, 0) is 11.3 Å².